The largest absolute Gasteiger partial charge is 0.381 e. The van der Waals surface area contributed by atoms with E-state index >= 15 is 0 Å². The molecular weight excluding hydrogens is 609 g/mol. The minimum atomic E-state index is -0.291. The molecule has 2 aromatic heterocycles. The van der Waals surface area contributed by atoms with E-state index in [0.29, 0.717) is 52.9 Å². The molecule has 0 aliphatic rings. The smallest absolute Gasteiger partial charge is 0.107 e. The van der Waals surface area contributed by atoms with Gasteiger partial charge in [0.05, 0.1) is 31.8 Å². The van der Waals surface area contributed by atoms with Crippen LogP contribution in [0.2, 0.25) is 0 Å². The van der Waals surface area contributed by atoms with Crippen LogP contribution >= 0.6 is 72.1 Å². The molecule has 0 saturated heterocycles. The van der Waals surface area contributed by atoms with Crippen molar-refractivity contribution >= 4 is 72.1 Å². The van der Waals surface area contributed by atoms with E-state index in [1.54, 1.807) is 34.0 Å². The zero-order valence-corrected chi connectivity index (χ0v) is 27.8. The van der Waals surface area contributed by atoms with Gasteiger partial charge in [-0.25, -0.2) is 9.97 Å². The molecule has 0 amide bonds. The molecule has 0 unspecified atom stereocenters. The number of nitrogens with zero attached hydrogens (tertiary/aromatic N) is 2. The normalized spacial score (nSPS) is 11.3. The molecule has 0 saturated carbocycles. The minimum Gasteiger partial charge on any atom is -0.381 e. The number of hydrogen-bond acceptors (Lipinski definition) is 12. The lowest BCUT2D eigenvalue weighted by Crippen LogP contribution is -2.42. The number of hydrogen-bond donors (Lipinski definition) is 4. The zero-order chi connectivity index (χ0) is 28.3. The van der Waals surface area contributed by atoms with E-state index in [9.17, 15) is 0 Å². The van der Waals surface area contributed by atoms with Gasteiger partial charge >= 0.3 is 0 Å². The SMILES string of the molecule is SCCCOCC(COCCCS)(COCCCS)COCCCS.c1ccc(SSc2ccccn2)nc1. The molecule has 2 aromatic rings. The molecule has 0 aromatic carbocycles. The van der Waals surface area contributed by atoms with Gasteiger partial charge in [0.25, 0.3) is 0 Å². The molecular formula is C27H44N2O4S6. The predicted molar refractivity (Wildman–Crippen MR) is 180 cm³/mol. The van der Waals surface area contributed by atoms with Gasteiger partial charge in [0.2, 0.25) is 0 Å². The van der Waals surface area contributed by atoms with Crippen LogP contribution in [-0.2, 0) is 18.9 Å². The Morgan fingerprint density at radius 1 is 0.538 bits per heavy atom. The summed E-state index contributed by atoms with van der Waals surface area (Å²) in [6.45, 7) is 4.99. The molecule has 0 aliphatic heterocycles. The Kier molecular flexibility index (Phi) is 25.9. The van der Waals surface area contributed by atoms with E-state index < -0.39 is 0 Å². The van der Waals surface area contributed by atoms with Crippen LogP contribution in [0.25, 0.3) is 0 Å². The molecule has 0 radical (unpaired) electrons. The first-order valence-corrected chi connectivity index (χ1v) is 17.8. The Morgan fingerprint density at radius 3 is 1.13 bits per heavy atom. The van der Waals surface area contributed by atoms with Gasteiger partial charge in [0.15, 0.2) is 0 Å². The summed E-state index contributed by atoms with van der Waals surface area (Å²) in [6.07, 6.45) is 7.31. The molecule has 0 spiro atoms. The number of aromatic nitrogens is 2. The van der Waals surface area contributed by atoms with Gasteiger partial charge < -0.3 is 18.9 Å². The summed E-state index contributed by atoms with van der Waals surface area (Å²) >= 11 is 16.9. The van der Waals surface area contributed by atoms with Crippen LogP contribution in [-0.4, -0.2) is 85.8 Å². The van der Waals surface area contributed by atoms with Crippen LogP contribution in [0, 0.1) is 5.41 Å². The lowest BCUT2D eigenvalue weighted by Gasteiger charge is -2.33. The van der Waals surface area contributed by atoms with E-state index in [1.165, 1.54) is 0 Å². The summed E-state index contributed by atoms with van der Waals surface area (Å²) in [5.74, 6) is 3.29. The standard InChI is InChI=1S/C17H36O4S4.C10H8N2S2/c22-9-1-5-18-13-17(14-19-6-2-10-23,15-20-7-3-11-24)16-21-8-4-12-25;1-3-7-11-9(5-1)13-14-10-6-2-4-8-12-10/h22-25H,1-16H2;1-8H. The highest BCUT2D eigenvalue weighted by Crippen LogP contribution is 2.34. The van der Waals surface area contributed by atoms with Crippen LogP contribution in [0.15, 0.2) is 58.8 Å². The van der Waals surface area contributed by atoms with Crippen molar-refractivity contribution in [3.8, 4) is 0 Å². The average Bonchev–Trinajstić information content (AvgIpc) is 2.98. The Balaban J connectivity index is 0.000000451. The third-order valence-corrected chi connectivity index (χ3v) is 8.36. The van der Waals surface area contributed by atoms with Crippen LogP contribution in [0.4, 0.5) is 0 Å². The van der Waals surface area contributed by atoms with Crippen molar-refractivity contribution in [1.29, 1.82) is 0 Å². The number of ether oxygens (including phenoxy) is 4. The van der Waals surface area contributed by atoms with Gasteiger partial charge in [0, 0.05) is 38.8 Å². The number of pyridine rings is 2. The topological polar surface area (TPSA) is 62.7 Å². The van der Waals surface area contributed by atoms with Crippen molar-refractivity contribution in [1.82, 2.24) is 9.97 Å². The molecule has 0 fully saturated rings. The first-order valence-electron chi connectivity index (χ1n) is 13.1. The monoisotopic (exact) mass is 652 g/mol. The van der Waals surface area contributed by atoms with Crippen LogP contribution < -0.4 is 0 Å². The Bertz CT molecular complexity index is 690. The molecule has 0 bridgehead atoms. The maximum absolute atomic E-state index is 5.88. The third-order valence-electron chi connectivity index (χ3n) is 4.91. The highest BCUT2D eigenvalue weighted by molar-refractivity contribution is 8.76. The molecule has 0 atom stereocenters. The van der Waals surface area contributed by atoms with Crippen molar-refractivity contribution in [2.45, 2.75) is 35.7 Å². The number of thiol groups is 4. The second kappa shape index (κ2) is 27.1. The Hall–Kier alpha value is 0.240. The van der Waals surface area contributed by atoms with Crippen molar-refractivity contribution in [2.75, 3.05) is 75.9 Å². The first-order chi connectivity index (χ1) is 19.2. The predicted octanol–water partition coefficient (Wildman–Crippen LogP) is 6.59. The maximum Gasteiger partial charge on any atom is 0.107 e. The van der Waals surface area contributed by atoms with Crippen LogP contribution in [0.5, 0.6) is 0 Å². The summed E-state index contributed by atoms with van der Waals surface area (Å²) < 4.78 is 23.5. The number of rotatable bonds is 23. The van der Waals surface area contributed by atoms with Gasteiger partial charge in [-0.1, -0.05) is 12.1 Å². The van der Waals surface area contributed by atoms with Crippen LogP contribution in [0.3, 0.4) is 0 Å². The quantitative estimate of drug-likeness (QED) is 0.0609. The summed E-state index contributed by atoms with van der Waals surface area (Å²) in [7, 11) is 3.23. The van der Waals surface area contributed by atoms with Crippen molar-refractivity contribution < 1.29 is 18.9 Å². The molecule has 2 rings (SSSR count). The molecule has 0 aliphatic carbocycles. The molecule has 12 heteroatoms. The molecule has 222 valence electrons. The molecule has 39 heavy (non-hydrogen) atoms. The van der Waals surface area contributed by atoms with Gasteiger partial charge in [-0.2, -0.15) is 50.5 Å². The Labute approximate surface area is 265 Å². The van der Waals surface area contributed by atoms with E-state index in [2.05, 4.69) is 60.5 Å². The lowest BCUT2D eigenvalue weighted by molar-refractivity contribution is -0.106. The summed E-state index contributed by atoms with van der Waals surface area (Å²) in [5, 5.41) is 2.01. The summed E-state index contributed by atoms with van der Waals surface area (Å²) in [4.78, 5) is 8.42. The Morgan fingerprint density at radius 2 is 0.872 bits per heavy atom. The minimum absolute atomic E-state index is 0.291. The third kappa shape index (κ3) is 20.7. The van der Waals surface area contributed by atoms with Gasteiger partial charge in [-0.3, -0.25) is 0 Å². The first kappa shape index (κ1) is 37.3. The lowest BCUT2D eigenvalue weighted by atomic mass is 9.92. The second-order valence-electron chi connectivity index (χ2n) is 8.52. The highest BCUT2D eigenvalue weighted by atomic mass is 33.1. The zero-order valence-electron chi connectivity index (χ0n) is 22.6. The van der Waals surface area contributed by atoms with E-state index in [-0.39, 0.29) is 5.41 Å². The van der Waals surface area contributed by atoms with Crippen molar-refractivity contribution in [3.63, 3.8) is 0 Å². The fourth-order valence-electron chi connectivity index (χ4n) is 2.95. The van der Waals surface area contributed by atoms with Crippen molar-refractivity contribution in [2.24, 2.45) is 5.41 Å². The summed E-state index contributed by atoms with van der Waals surface area (Å²) in [6, 6.07) is 11.8. The molecule has 2 heterocycles. The molecule has 6 nitrogen and oxygen atoms in total. The fraction of sp³-hybridized carbons (Fsp3) is 0.630. The molecule has 0 N–H and O–H groups in total. The van der Waals surface area contributed by atoms with Gasteiger partial charge in [0.1, 0.15) is 10.1 Å². The van der Waals surface area contributed by atoms with E-state index in [0.717, 1.165) is 58.7 Å². The second-order valence-corrected chi connectivity index (χ2v) is 12.5. The average molecular weight is 653 g/mol. The van der Waals surface area contributed by atoms with Gasteiger partial charge in [-0.05, 0) is 94.5 Å². The van der Waals surface area contributed by atoms with Crippen molar-refractivity contribution in [3.05, 3.63) is 48.8 Å². The van der Waals surface area contributed by atoms with Crippen LogP contribution in [0.1, 0.15) is 25.7 Å². The summed E-state index contributed by atoms with van der Waals surface area (Å²) in [5.41, 5.74) is -0.291. The van der Waals surface area contributed by atoms with Gasteiger partial charge in [-0.15, -0.1) is 0 Å². The van der Waals surface area contributed by atoms with E-state index in [1.807, 2.05) is 36.4 Å². The van der Waals surface area contributed by atoms with E-state index in [4.69, 9.17) is 18.9 Å². The fourth-order valence-corrected chi connectivity index (χ4v) is 5.22. The highest BCUT2D eigenvalue weighted by Gasteiger charge is 2.32. The maximum atomic E-state index is 5.88.